The first kappa shape index (κ1) is 18.0. The van der Waals surface area contributed by atoms with Gasteiger partial charge < -0.3 is 10.1 Å². The van der Waals surface area contributed by atoms with Crippen LogP contribution in [-0.2, 0) is 14.3 Å². The molecule has 0 heterocycles. The largest absolute Gasteiger partial charge is 0.455 e. The van der Waals surface area contributed by atoms with Crippen molar-refractivity contribution in [1.82, 2.24) is 5.32 Å². The number of carbonyl (C=O) groups excluding carboxylic acids is 2. The Hall–Kier alpha value is -1.36. The van der Waals surface area contributed by atoms with Crippen molar-refractivity contribution in [2.45, 2.75) is 51.5 Å². The van der Waals surface area contributed by atoms with E-state index >= 15 is 0 Å². The lowest BCUT2D eigenvalue weighted by molar-refractivity contribution is -0.173. The van der Waals surface area contributed by atoms with Crippen molar-refractivity contribution in [3.05, 3.63) is 34.3 Å². The molecule has 0 saturated heterocycles. The molecule has 5 rings (SSSR count). The smallest absolute Gasteiger partial charge is 0.312 e. The molecule has 4 bridgehead atoms. The second kappa shape index (κ2) is 6.99. The molecule has 0 radical (unpaired) electrons. The highest BCUT2D eigenvalue weighted by molar-refractivity contribution is 9.10. The predicted octanol–water partition coefficient (Wildman–Crippen LogP) is 4.39. The number of hydrogen-bond donors (Lipinski definition) is 1. The van der Waals surface area contributed by atoms with Crippen LogP contribution in [0.25, 0.3) is 0 Å². The number of ether oxygens (including phenoxy) is 1. The average Bonchev–Trinajstić information content (AvgIpc) is 2.59. The molecule has 4 fully saturated rings. The standard InChI is InChI=1S/C21H26BrNO3/c1-13(17-2-4-18(22)5-3-17)23-19(24)12-26-20(25)21-9-14-6-15(10-21)8-16(7-14)11-21/h2-5,13-16H,6-12H2,1H3,(H,23,24)/t13-,14?,15?,16?,21?/m1/s1. The first-order chi connectivity index (χ1) is 12.4. The van der Waals surface area contributed by atoms with Gasteiger partial charge in [-0.05, 0) is 80.9 Å². The molecule has 0 spiro atoms. The number of halogens is 1. The number of benzene rings is 1. The van der Waals surface area contributed by atoms with Crippen LogP contribution in [0.3, 0.4) is 0 Å². The molecule has 26 heavy (non-hydrogen) atoms. The Balaban J connectivity index is 1.30. The zero-order valence-electron chi connectivity index (χ0n) is 15.2. The van der Waals surface area contributed by atoms with Gasteiger partial charge in [-0.2, -0.15) is 0 Å². The molecule has 140 valence electrons. The van der Waals surface area contributed by atoms with Gasteiger partial charge in [0.25, 0.3) is 5.91 Å². The van der Waals surface area contributed by atoms with Gasteiger partial charge in [0.05, 0.1) is 11.5 Å². The molecule has 0 unspecified atom stereocenters. The topological polar surface area (TPSA) is 55.4 Å². The van der Waals surface area contributed by atoms with Crippen molar-refractivity contribution in [3.63, 3.8) is 0 Å². The molecular weight excluding hydrogens is 394 g/mol. The van der Waals surface area contributed by atoms with Crippen LogP contribution >= 0.6 is 15.9 Å². The highest BCUT2D eigenvalue weighted by Gasteiger charge is 2.55. The number of esters is 1. The van der Waals surface area contributed by atoms with E-state index in [0.29, 0.717) is 17.8 Å². The SMILES string of the molecule is C[C@@H](NC(=O)COC(=O)C12CC3CC(CC(C3)C1)C2)c1ccc(Br)cc1. The first-order valence-corrected chi connectivity index (χ1v) is 10.4. The van der Waals surface area contributed by atoms with Gasteiger partial charge in [-0.3, -0.25) is 9.59 Å². The normalized spacial score (nSPS) is 32.9. The van der Waals surface area contributed by atoms with E-state index in [2.05, 4.69) is 21.2 Å². The Morgan fingerprint density at radius 2 is 1.65 bits per heavy atom. The molecule has 4 aliphatic carbocycles. The summed E-state index contributed by atoms with van der Waals surface area (Å²) < 4.78 is 6.49. The van der Waals surface area contributed by atoms with Gasteiger partial charge in [0.1, 0.15) is 0 Å². The monoisotopic (exact) mass is 419 g/mol. The number of nitrogens with one attached hydrogen (secondary N) is 1. The Morgan fingerprint density at radius 3 is 2.19 bits per heavy atom. The lowest BCUT2D eigenvalue weighted by Gasteiger charge is -2.55. The number of hydrogen-bond acceptors (Lipinski definition) is 3. The maximum absolute atomic E-state index is 12.8. The van der Waals surface area contributed by atoms with Gasteiger partial charge in [0.15, 0.2) is 6.61 Å². The maximum atomic E-state index is 12.8. The van der Waals surface area contributed by atoms with Gasteiger partial charge >= 0.3 is 5.97 Å². The highest BCUT2D eigenvalue weighted by atomic mass is 79.9. The third-order valence-electron chi connectivity index (χ3n) is 6.55. The van der Waals surface area contributed by atoms with E-state index in [1.807, 2.05) is 31.2 Å². The minimum absolute atomic E-state index is 0.117. The van der Waals surface area contributed by atoms with E-state index in [1.165, 1.54) is 19.3 Å². The molecular formula is C21H26BrNO3. The minimum Gasteiger partial charge on any atom is -0.455 e. The fourth-order valence-electron chi connectivity index (χ4n) is 5.76. The molecule has 4 aliphatic rings. The van der Waals surface area contributed by atoms with Crippen molar-refractivity contribution in [3.8, 4) is 0 Å². The van der Waals surface area contributed by atoms with Gasteiger partial charge in [-0.1, -0.05) is 28.1 Å². The van der Waals surface area contributed by atoms with E-state index < -0.39 is 0 Å². The molecule has 4 saturated carbocycles. The van der Waals surface area contributed by atoms with Crippen LogP contribution < -0.4 is 5.32 Å². The third-order valence-corrected chi connectivity index (χ3v) is 7.08. The van der Waals surface area contributed by atoms with E-state index in [1.54, 1.807) is 0 Å². The quantitative estimate of drug-likeness (QED) is 0.720. The van der Waals surface area contributed by atoms with E-state index in [-0.39, 0.29) is 29.9 Å². The molecule has 1 aromatic carbocycles. The Labute approximate surface area is 163 Å². The van der Waals surface area contributed by atoms with Gasteiger partial charge in [-0.25, -0.2) is 0 Å². The summed E-state index contributed by atoms with van der Waals surface area (Å²) >= 11 is 3.41. The molecule has 1 atom stereocenters. The number of rotatable bonds is 5. The zero-order chi connectivity index (χ0) is 18.3. The summed E-state index contributed by atoms with van der Waals surface area (Å²) in [4.78, 5) is 25.0. The summed E-state index contributed by atoms with van der Waals surface area (Å²) in [6.45, 7) is 1.75. The minimum atomic E-state index is -0.299. The van der Waals surface area contributed by atoms with Crippen LogP contribution in [0.2, 0.25) is 0 Å². The molecule has 1 amide bonds. The number of carbonyl (C=O) groups is 2. The molecule has 0 aliphatic heterocycles. The van der Waals surface area contributed by atoms with Crippen LogP contribution in [0, 0.1) is 23.2 Å². The van der Waals surface area contributed by atoms with Gasteiger partial charge in [0, 0.05) is 4.47 Å². The highest BCUT2D eigenvalue weighted by Crippen LogP contribution is 2.60. The van der Waals surface area contributed by atoms with Crippen LogP contribution in [0.4, 0.5) is 0 Å². The number of amides is 1. The van der Waals surface area contributed by atoms with E-state index in [4.69, 9.17) is 4.74 Å². The summed E-state index contributed by atoms with van der Waals surface area (Å²) in [5.74, 6) is 1.71. The summed E-state index contributed by atoms with van der Waals surface area (Å²) in [7, 11) is 0. The lowest BCUT2D eigenvalue weighted by atomic mass is 9.49. The van der Waals surface area contributed by atoms with Crippen molar-refractivity contribution in [1.29, 1.82) is 0 Å². The summed E-state index contributed by atoms with van der Waals surface area (Å²) in [5, 5.41) is 2.91. The second-order valence-corrected chi connectivity index (χ2v) is 9.53. The Bertz CT molecular complexity index is 664. The average molecular weight is 420 g/mol. The summed E-state index contributed by atoms with van der Waals surface area (Å²) in [6.07, 6.45) is 6.77. The predicted molar refractivity (Wildman–Crippen MR) is 102 cm³/mol. The van der Waals surface area contributed by atoms with E-state index in [9.17, 15) is 9.59 Å². The fourth-order valence-corrected chi connectivity index (χ4v) is 6.03. The first-order valence-electron chi connectivity index (χ1n) is 9.65. The van der Waals surface area contributed by atoms with E-state index in [0.717, 1.165) is 29.3 Å². The molecule has 1 aromatic rings. The molecule has 0 aromatic heterocycles. The lowest BCUT2D eigenvalue weighted by Crippen LogP contribution is -2.51. The third kappa shape index (κ3) is 3.55. The van der Waals surface area contributed by atoms with Crippen LogP contribution in [0.1, 0.15) is 57.1 Å². The molecule has 1 N–H and O–H groups in total. The van der Waals surface area contributed by atoms with Crippen LogP contribution in [0.5, 0.6) is 0 Å². The molecule has 4 nitrogen and oxygen atoms in total. The zero-order valence-corrected chi connectivity index (χ0v) is 16.8. The van der Waals surface area contributed by atoms with Crippen molar-refractivity contribution < 1.29 is 14.3 Å². The van der Waals surface area contributed by atoms with Gasteiger partial charge in [-0.15, -0.1) is 0 Å². The fraction of sp³-hybridized carbons (Fsp3) is 0.619. The summed E-state index contributed by atoms with van der Waals surface area (Å²) in [5.41, 5.74) is 0.723. The second-order valence-electron chi connectivity index (χ2n) is 8.61. The van der Waals surface area contributed by atoms with Crippen molar-refractivity contribution >= 4 is 27.8 Å². The van der Waals surface area contributed by atoms with Crippen molar-refractivity contribution in [2.75, 3.05) is 6.61 Å². The maximum Gasteiger partial charge on any atom is 0.312 e. The van der Waals surface area contributed by atoms with Crippen LogP contribution in [0.15, 0.2) is 28.7 Å². The van der Waals surface area contributed by atoms with Crippen molar-refractivity contribution in [2.24, 2.45) is 23.2 Å². The Kier molecular flexibility index (Phi) is 4.84. The molecule has 5 heteroatoms. The van der Waals surface area contributed by atoms with Crippen LogP contribution in [-0.4, -0.2) is 18.5 Å². The Morgan fingerprint density at radius 1 is 1.12 bits per heavy atom. The summed E-state index contributed by atoms with van der Waals surface area (Å²) in [6, 6.07) is 7.72. The van der Waals surface area contributed by atoms with Gasteiger partial charge in [0.2, 0.25) is 0 Å².